The van der Waals surface area contributed by atoms with Crippen LogP contribution in [0.4, 0.5) is 0 Å². The van der Waals surface area contributed by atoms with E-state index in [4.69, 9.17) is 9.47 Å². The SMILES string of the molecule is CN[C@H]1COc2c(OC)ccc(Br)c2C1. The average molecular weight is 272 g/mol. The summed E-state index contributed by atoms with van der Waals surface area (Å²) in [5.41, 5.74) is 1.18. The van der Waals surface area contributed by atoms with Gasteiger partial charge in [-0.05, 0) is 25.6 Å². The Morgan fingerprint density at radius 2 is 2.33 bits per heavy atom. The molecule has 0 saturated carbocycles. The van der Waals surface area contributed by atoms with E-state index in [2.05, 4.69) is 21.2 Å². The van der Waals surface area contributed by atoms with Gasteiger partial charge >= 0.3 is 0 Å². The number of rotatable bonds is 2. The molecule has 0 amide bonds. The van der Waals surface area contributed by atoms with Crippen molar-refractivity contribution in [3.8, 4) is 11.5 Å². The van der Waals surface area contributed by atoms with E-state index < -0.39 is 0 Å². The molecule has 0 radical (unpaired) electrons. The van der Waals surface area contributed by atoms with Gasteiger partial charge in [0.25, 0.3) is 0 Å². The molecule has 1 N–H and O–H groups in total. The van der Waals surface area contributed by atoms with Gasteiger partial charge in [-0.15, -0.1) is 0 Å². The van der Waals surface area contributed by atoms with Crippen LogP contribution in [0.5, 0.6) is 11.5 Å². The summed E-state index contributed by atoms with van der Waals surface area (Å²) in [4.78, 5) is 0. The number of halogens is 1. The number of fused-ring (bicyclic) bond motifs is 1. The normalized spacial score (nSPS) is 19.3. The van der Waals surface area contributed by atoms with Crippen molar-refractivity contribution in [2.45, 2.75) is 12.5 Å². The lowest BCUT2D eigenvalue weighted by Crippen LogP contribution is -2.37. The molecule has 0 aromatic heterocycles. The second-order valence-electron chi connectivity index (χ2n) is 3.56. The third-order valence-corrected chi connectivity index (χ3v) is 3.42. The van der Waals surface area contributed by atoms with Crippen molar-refractivity contribution < 1.29 is 9.47 Å². The smallest absolute Gasteiger partial charge is 0.165 e. The second-order valence-corrected chi connectivity index (χ2v) is 4.41. The van der Waals surface area contributed by atoms with Crippen LogP contribution >= 0.6 is 15.9 Å². The van der Waals surface area contributed by atoms with Gasteiger partial charge in [-0.1, -0.05) is 15.9 Å². The van der Waals surface area contributed by atoms with E-state index in [1.54, 1.807) is 7.11 Å². The van der Waals surface area contributed by atoms with E-state index in [1.807, 2.05) is 19.2 Å². The number of methoxy groups -OCH3 is 1. The zero-order valence-corrected chi connectivity index (χ0v) is 10.4. The number of hydrogen-bond acceptors (Lipinski definition) is 3. The Kier molecular flexibility index (Phi) is 3.17. The number of benzene rings is 1. The van der Waals surface area contributed by atoms with Crippen molar-refractivity contribution in [1.82, 2.24) is 5.32 Å². The summed E-state index contributed by atoms with van der Waals surface area (Å²) in [6, 6.07) is 4.29. The van der Waals surface area contributed by atoms with Crippen LogP contribution in [-0.2, 0) is 6.42 Å². The van der Waals surface area contributed by atoms with Crippen LogP contribution < -0.4 is 14.8 Å². The van der Waals surface area contributed by atoms with Gasteiger partial charge in [0.05, 0.1) is 7.11 Å². The highest BCUT2D eigenvalue weighted by Gasteiger charge is 2.23. The lowest BCUT2D eigenvalue weighted by molar-refractivity contribution is 0.232. The van der Waals surface area contributed by atoms with Gasteiger partial charge in [0.2, 0.25) is 0 Å². The molecule has 1 heterocycles. The highest BCUT2D eigenvalue weighted by molar-refractivity contribution is 9.10. The first kappa shape index (κ1) is 10.8. The largest absolute Gasteiger partial charge is 0.493 e. The third-order valence-electron chi connectivity index (χ3n) is 2.67. The Hall–Kier alpha value is -0.740. The van der Waals surface area contributed by atoms with Crippen molar-refractivity contribution in [3.05, 3.63) is 22.2 Å². The second kappa shape index (κ2) is 4.41. The summed E-state index contributed by atoms with van der Waals surface area (Å²) in [6.45, 7) is 0.691. The van der Waals surface area contributed by atoms with Crippen molar-refractivity contribution in [2.75, 3.05) is 20.8 Å². The molecule has 1 aliphatic rings. The predicted octanol–water partition coefficient (Wildman–Crippen LogP) is 1.98. The molecule has 0 fully saturated rings. The summed E-state index contributed by atoms with van der Waals surface area (Å²) in [7, 11) is 3.62. The lowest BCUT2D eigenvalue weighted by atomic mass is 10.0. The van der Waals surface area contributed by atoms with E-state index in [9.17, 15) is 0 Å². The van der Waals surface area contributed by atoms with Crippen molar-refractivity contribution in [2.24, 2.45) is 0 Å². The lowest BCUT2D eigenvalue weighted by Gasteiger charge is -2.27. The Labute approximate surface area is 97.9 Å². The average Bonchev–Trinajstić information content (AvgIpc) is 2.29. The number of hydrogen-bond donors (Lipinski definition) is 1. The van der Waals surface area contributed by atoms with Crippen LogP contribution in [0.2, 0.25) is 0 Å². The maximum Gasteiger partial charge on any atom is 0.165 e. The minimum atomic E-state index is 0.376. The van der Waals surface area contributed by atoms with Gasteiger partial charge in [0, 0.05) is 16.1 Å². The Morgan fingerprint density at radius 3 is 3.00 bits per heavy atom. The van der Waals surface area contributed by atoms with Crippen molar-refractivity contribution >= 4 is 15.9 Å². The molecular formula is C11H14BrNO2. The Balaban J connectivity index is 2.40. The zero-order valence-electron chi connectivity index (χ0n) is 8.84. The van der Waals surface area contributed by atoms with Gasteiger partial charge in [-0.2, -0.15) is 0 Å². The third kappa shape index (κ3) is 1.96. The molecule has 0 unspecified atom stereocenters. The highest BCUT2D eigenvalue weighted by Crippen LogP contribution is 2.39. The molecule has 1 atom stereocenters. The number of ether oxygens (including phenoxy) is 2. The van der Waals surface area contributed by atoms with E-state index in [1.165, 1.54) is 5.56 Å². The number of nitrogens with one attached hydrogen (secondary N) is 1. The van der Waals surface area contributed by atoms with E-state index in [0.29, 0.717) is 12.6 Å². The molecule has 0 aliphatic carbocycles. The minimum absolute atomic E-state index is 0.376. The summed E-state index contributed by atoms with van der Waals surface area (Å²) in [5, 5.41) is 3.22. The molecule has 0 saturated heterocycles. The Morgan fingerprint density at radius 1 is 1.53 bits per heavy atom. The molecule has 0 spiro atoms. The standard InChI is InChI=1S/C11H14BrNO2/c1-13-7-5-8-9(12)3-4-10(14-2)11(8)15-6-7/h3-4,7,13H,5-6H2,1-2H3/t7-/m1/s1. The molecule has 1 aromatic carbocycles. The molecule has 4 heteroatoms. The van der Waals surface area contributed by atoms with Crippen LogP contribution in [0.1, 0.15) is 5.56 Å². The zero-order chi connectivity index (χ0) is 10.8. The van der Waals surface area contributed by atoms with Gasteiger partial charge in [0.1, 0.15) is 6.61 Å². The summed E-state index contributed by atoms with van der Waals surface area (Å²) in [5.74, 6) is 1.68. The monoisotopic (exact) mass is 271 g/mol. The van der Waals surface area contributed by atoms with Crippen LogP contribution in [0.25, 0.3) is 0 Å². The van der Waals surface area contributed by atoms with Gasteiger partial charge < -0.3 is 14.8 Å². The molecule has 82 valence electrons. The van der Waals surface area contributed by atoms with Crippen LogP contribution in [0.3, 0.4) is 0 Å². The molecule has 2 rings (SSSR count). The van der Waals surface area contributed by atoms with Crippen molar-refractivity contribution in [1.29, 1.82) is 0 Å². The molecular weight excluding hydrogens is 258 g/mol. The first-order valence-corrected chi connectivity index (χ1v) is 5.71. The molecule has 15 heavy (non-hydrogen) atoms. The molecule has 1 aromatic rings. The summed E-state index contributed by atoms with van der Waals surface area (Å²) < 4.78 is 12.1. The van der Waals surface area contributed by atoms with Gasteiger partial charge in [-0.3, -0.25) is 0 Å². The molecule has 1 aliphatic heterocycles. The quantitative estimate of drug-likeness (QED) is 0.893. The predicted molar refractivity (Wildman–Crippen MR) is 62.7 cm³/mol. The van der Waals surface area contributed by atoms with Crippen molar-refractivity contribution in [3.63, 3.8) is 0 Å². The Bertz CT molecular complexity index is 368. The summed E-state index contributed by atoms with van der Waals surface area (Å²) >= 11 is 3.54. The minimum Gasteiger partial charge on any atom is -0.493 e. The fraction of sp³-hybridized carbons (Fsp3) is 0.455. The van der Waals surface area contributed by atoms with E-state index >= 15 is 0 Å². The maximum atomic E-state index is 5.71. The van der Waals surface area contributed by atoms with Gasteiger partial charge in [-0.25, -0.2) is 0 Å². The first-order chi connectivity index (χ1) is 7.26. The topological polar surface area (TPSA) is 30.5 Å². The first-order valence-electron chi connectivity index (χ1n) is 4.91. The number of likely N-dealkylation sites (N-methyl/N-ethyl adjacent to an activating group) is 1. The molecule has 0 bridgehead atoms. The van der Waals surface area contributed by atoms with Gasteiger partial charge in [0.15, 0.2) is 11.5 Å². The van der Waals surface area contributed by atoms with Crippen LogP contribution in [-0.4, -0.2) is 26.8 Å². The van der Waals surface area contributed by atoms with E-state index in [-0.39, 0.29) is 0 Å². The summed E-state index contributed by atoms with van der Waals surface area (Å²) in [6.07, 6.45) is 0.962. The van der Waals surface area contributed by atoms with E-state index in [0.717, 1.165) is 22.4 Å². The van der Waals surface area contributed by atoms with Crippen LogP contribution in [0, 0.1) is 0 Å². The maximum absolute atomic E-state index is 5.71. The highest BCUT2D eigenvalue weighted by atomic mass is 79.9. The van der Waals surface area contributed by atoms with Crippen LogP contribution in [0.15, 0.2) is 16.6 Å². The fourth-order valence-corrected chi connectivity index (χ4v) is 2.24. The molecule has 3 nitrogen and oxygen atoms in total. The fourth-order valence-electron chi connectivity index (χ4n) is 1.77.